The molecule has 3 heterocycles. The van der Waals surface area contributed by atoms with Gasteiger partial charge < -0.3 is 9.84 Å². The Morgan fingerprint density at radius 2 is 2.31 bits per heavy atom. The van der Waals surface area contributed by atoms with Crippen molar-refractivity contribution >= 4 is 5.91 Å². The molecular formula is C17H19N7O2. The predicted molar refractivity (Wildman–Crippen MR) is 90.7 cm³/mol. The van der Waals surface area contributed by atoms with Gasteiger partial charge in [-0.15, -0.1) is 5.10 Å². The molecule has 1 aliphatic rings. The van der Waals surface area contributed by atoms with E-state index >= 15 is 0 Å². The van der Waals surface area contributed by atoms with Gasteiger partial charge in [0, 0.05) is 12.1 Å². The Morgan fingerprint density at radius 3 is 3.19 bits per heavy atom. The molecule has 1 amide bonds. The third kappa shape index (κ3) is 3.32. The first-order chi connectivity index (χ1) is 12.7. The fraction of sp³-hybridized carbons (Fsp3) is 0.412. The normalized spacial score (nSPS) is 16.7. The zero-order valence-corrected chi connectivity index (χ0v) is 14.4. The zero-order chi connectivity index (χ0) is 17.9. The average molecular weight is 353 g/mol. The zero-order valence-electron chi connectivity index (χ0n) is 14.4. The maximum atomic E-state index is 12.6. The van der Waals surface area contributed by atoms with Crippen molar-refractivity contribution in [2.45, 2.75) is 45.2 Å². The molecule has 0 radical (unpaired) electrons. The van der Waals surface area contributed by atoms with E-state index in [0.717, 1.165) is 36.9 Å². The Hall–Kier alpha value is -3.10. The molecule has 0 saturated carbocycles. The summed E-state index contributed by atoms with van der Waals surface area (Å²) in [6, 6.07) is 7.86. The van der Waals surface area contributed by atoms with E-state index in [1.165, 1.54) is 0 Å². The highest BCUT2D eigenvalue weighted by molar-refractivity contribution is 5.82. The first-order valence-electron chi connectivity index (χ1n) is 8.64. The highest BCUT2D eigenvalue weighted by Gasteiger charge is 2.28. The van der Waals surface area contributed by atoms with E-state index < -0.39 is 0 Å². The molecule has 1 aliphatic heterocycles. The monoisotopic (exact) mass is 353 g/mol. The fourth-order valence-electron chi connectivity index (χ4n) is 3.12. The third-order valence-electron chi connectivity index (χ3n) is 4.46. The van der Waals surface area contributed by atoms with Crippen molar-refractivity contribution in [2.24, 2.45) is 0 Å². The van der Waals surface area contributed by atoms with Crippen LogP contribution in [0.4, 0.5) is 0 Å². The van der Waals surface area contributed by atoms with Crippen molar-refractivity contribution in [1.82, 2.24) is 35.7 Å². The van der Waals surface area contributed by atoms with Crippen LogP contribution < -0.4 is 5.32 Å². The predicted octanol–water partition coefficient (Wildman–Crippen LogP) is 1.62. The molecular weight excluding hydrogens is 334 g/mol. The number of benzene rings is 1. The molecule has 0 aliphatic carbocycles. The molecule has 26 heavy (non-hydrogen) atoms. The van der Waals surface area contributed by atoms with E-state index in [1.807, 2.05) is 31.2 Å². The molecule has 0 fully saturated rings. The summed E-state index contributed by atoms with van der Waals surface area (Å²) in [6.07, 6.45) is 2.64. The van der Waals surface area contributed by atoms with Gasteiger partial charge in [0.1, 0.15) is 0 Å². The smallest absolute Gasteiger partial charge is 0.246 e. The summed E-state index contributed by atoms with van der Waals surface area (Å²) in [4.78, 5) is 16.9. The van der Waals surface area contributed by atoms with Crippen LogP contribution in [0.1, 0.15) is 42.5 Å². The molecule has 0 spiro atoms. The number of hydrogen-bond acceptors (Lipinski definition) is 7. The van der Waals surface area contributed by atoms with Crippen molar-refractivity contribution < 1.29 is 9.32 Å². The number of nitrogens with one attached hydrogen (secondary N) is 1. The minimum atomic E-state index is -0.355. The standard InChI is InChI=1S/C17H19N7O2/c1-11-5-4-6-12(9-11)15-19-14(26-21-15)10-18-17(25)13-7-2-3-8-24-16(13)20-22-23-24/h4-6,9,13H,2-3,7-8,10H2,1H3,(H,18,25)/t13-/m0/s1. The van der Waals surface area contributed by atoms with Gasteiger partial charge in [-0.1, -0.05) is 35.3 Å². The number of aryl methyl sites for hydroxylation is 2. The number of aromatic nitrogens is 6. The van der Waals surface area contributed by atoms with Gasteiger partial charge in [0.25, 0.3) is 0 Å². The van der Waals surface area contributed by atoms with E-state index in [4.69, 9.17) is 4.52 Å². The van der Waals surface area contributed by atoms with Gasteiger partial charge in [-0.3, -0.25) is 4.79 Å². The first kappa shape index (κ1) is 16.4. The second kappa shape index (κ2) is 7.03. The van der Waals surface area contributed by atoms with Crippen molar-refractivity contribution in [3.05, 3.63) is 41.5 Å². The van der Waals surface area contributed by atoms with E-state index in [9.17, 15) is 4.79 Å². The number of nitrogens with zero attached hydrogens (tertiary/aromatic N) is 6. The molecule has 9 heteroatoms. The van der Waals surface area contributed by atoms with Crippen LogP contribution in [-0.2, 0) is 17.9 Å². The molecule has 3 aromatic rings. The molecule has 0 unspecified atom stereocenters. The molecule has 0 bridgehead atoms. The van der Waals surface area contributed by atoms with Crippen molar-refractivity contribution in [2.75, 3.05) is 0 Å². The molecule has 4 rings (SSSR count). The lowest BCUT2D eigenvalue weighted by molar-refractivity contribution is -0.123. The minimum Gasteiger partial charge on any atom is -0.346 e. The summed E-state index contributed by atoms with van der Waals surface area (Å²) in [5.74, 6) is 1.01. The number of amides is 1. The molecule has 134 valence electrons. The van der Waals surface area contributed by atoms with E-state index in [1.54, 1.807) is 4.68 Å². The second-order valence-corrected chi connectivity index (χ2v) is 6.41. The second-order valence-electron chi connectivity index (χ2n) is 6.41. The summed E-state index contributed by atoms with van der Waals surface area (Å²) in [7, 11) is 0. The number of carbonyl (C=O) groups excluding carboxylic acids is 1. The Kier molecular flexibility index (Phi) is 4.42. The lowest BCUT2D eigenvalue weighted by Crippen LogP contribution is -2.30. The molecule has 1 atom stereocenters. The van der Waals surface area contributed by atoms with Gasteiger partial charge >= 0.3 is 0 Å². The van der Waals surface area contributed by atoms with Crippen LogP contribution in [0.15, 0.2) is 28.8 Å². The SMILES string of the molecule is Cc1cccc(-c2noc(CNC(=O)[C@H]3CCCCn4nnnc43)n2)c1. The maximum absolute atomic E-state index is 12.6. The van der Waals surface area contributed by atoms with Gasteiger partial charge in [-0.05, 0) is 36.3 Å². The van der Waals surface area contributed by atoms with Gasteiger partial charge in [-0.2, -0.15) is 4.98 Å². The maximum Gasteiger partial charge on any atom is 0.246 e. The van der Waals surface area contributed by atoms with Crippen molar-refractivity contribution in [3.8, 4) is 11.4 Å². The molecule has 0 saturated heterocycles. The molecule has 1 aromatic carbocycles. The van der Waals surface area contributed by atoms with Crippen LogP contribution in [0.5, 0.6) is 0 Å². The number of rotatable bonds is 4. The van der Waals surface area contributed by atoms with Crippen LogP contribution >= 0.6 is 0 Å². The molecule has 2 aromatic heterocycles. The van der Waals surface area contributed by atoms with Gasteiger partial charge in [0.15, 0.2) is 5.82 Å². The minimum absolute atomic E-state index is 0.127. The Morgan fingerprint density at radius 1 is 1.38 bits per heavy atom. The average Bonchev–Trinajstić information content (AvgIpc) is 3.26. The van der Waals surface area contributed by atoms with E-state index in [2.05, 4.69) is 31.0 Å². The topological polar surface area (TPSA) is 112 Å². The molecule has 1 N–H and O–H groups in total. The largest absolute Gasteiger partial charge is 0.346 e. The summed E-state index contributed by atoms with van der Waals surface area (Å²) < 4.78 is 6.96. The summed E-state index contributed by atoms with van der Waals surface area (Å²) >= 11 is 0. The number of fused-ring (bicyclic) bond motifs is 1. The van der Waals surface area contributed by atoms with Crippen molar-refractivity contribution in [1.29, 1.82) is 0 Å². The lowest BCUT2D eigenvalue weighted by Gasteiger charge is -2.12. The fourth-order valence-corrected chi connectivity index (χ4v) is 3.12. The van der Waals surface area contributed by atoms with Crippen LogP contribution in [0, 0.1) is 6.92 Å². The first-order valence-corrected chi connectivity index (χ1v) is 8.64. The Labute approximate surface area is 149 Å². The van der Waals surface area contributed by atoms with Gasteiger partial charge in [0.05, 0.1) is 12.5 Å². The lowest BCUT2D eigenvalue weighted by atomic mass is 10.0. The summed E-state index contributed by atoms with van der Waals surface area (Å²) in [5.41, 5.74) is 2.00. The Balaban J connectivity index is 1.43. The van der Waals surface area contributed by atoms with E-state index in [-0.39, 0.29) is 18.4 Å². The van der Waals surface area contributed by atoms with Crippen LogP contribution in [0.25, 0.3) is 11.4 Å². The third-order valence-corrected chi connectivity index (χ3v) is 4.46. The van der Waals surface area contributed by atoms with Crippen LogP contribution in [-0.4, -0.2) is 36.3 Å². The highest BCUT2D eigenvalue weighted by Crippen LogP contribution is 2.24. The highest BCUT2D eigenvalue weighted by atomic mass is 16.5. The van der Waals surface area contributed by atoms with Crippen LogP contribution in [0.3, 0.4) is 0 Å². The number of carbonyl (C=O) groups is 1. The summed E-state index contributed by atoms with van der Waals surface area (Å²) in [5, 5.41) is 18.5. The number of hydrogen-bond donors (Lipinski definition) is 1. The van der Waals surface area contributed by atoms with Crippen molar-refractivity contribution in [3.63, 3.8) is 0 Å². The van der Waals surface area contributed by atoms with E-state index in [0.29, 0.717) is 17.5 Å². The van der Waals surface area contributed by atoms with Gasteiger partial charge in [-0.25, -0.2) is 4.68 Å². The molecule has 9 nitrogen and oxygen atoms in total. The quantitative estimate of drug-likeness (QED) is 0.758. The van der Waals surface area contributed by atoms with Crippen LogP contribution in [0.2, 0.25) is 0 Å². The summed E-state index contributed by atoms with van der Waals surface area (Å²) in [6.45, 7) is 2.93. The Bertz CT molecular complexity index is 917. The van der Waals surface area contributed by atoms with Gasteiger partial charge in [0.2, 0.25) is 17.6 Å². The number of tetrazole rings is 1.